The highest BCUT2D eigenvalue weighted by atomic mass is 16.5. The minimum Gasteiger partial charge on any atom is -0.504 e. The summed E-state index contributed by atoms with van der Waals surface area (Å²) in [7, 11) is 1.51. The maximum absolute atomic E-state index is 13.1. The number of methoxy groups -OCH3 is 1. The Kier molecular flexibility index (Phi) is 8.11. The first-order valence-corrected chi connectivity index (χ1v) is 17.7. The van der Waals surface area contributed by atoms with Crippen molar-refractivity contribution in [2.24, 2.45) is 56.7 Å². The molecule has 0 heterocycles. The Balaban J connectivity index is 1.22. The van der Waals surface area contributed by atoms with Gasteiger partial charge >= 0.3 is 5.97 Å². The minimum absolute atomic E-state index is 0.0756. The van der Waals surface area contributed by atoms with Crippen molar-refractivity contribution >= 4 is 12.0 Å². The molecule has 5 aliphatic rings. The van der Waals surface area contributed by atoms with E-state index in [1.165, 1.54) is 57.3 Å². The molecule has 10 atom stereocenters. The fourth-order valence-corrected chi connectivity index (χ4v) is 12.9. The molecule has 0 unspecified atom stereocenters. The summed E-state index contributed by atoms with van der Waals surface area (Å²) < 4.78 is 11.4. The average molecular weight is 619 g/mol. The molecular formula is C40H58O5. The van der Waals surface area contributed by atoms with Gasteiger partial charge in [-0.25, -0.2) is 4.79 Å². The largest absolute Gasteiger partial charge is 0.504 e. The number of aliphatic hydroxyl groups excluding tert-OH is 1. The zero-order chi connectivity index (χ0) is 32.6. The lowest BCUT2D eigenvalue weighted by molar-refractivity contribution is -0.251. The lowest BCUT2D eigenvalue weighted by atomic mass is 9.32. The first-order chi connectivity index (χ1) is 21.2. The second-order valence-electron chi connectivity index (χ2n) is 17.3. The van der Waals surface area contributed by atoms with Crippen LogP contribution < -0.4 is 4.74 Å². The molecule has 2 N–H and O–H groups in total. The number of hydrogen-bond acceptors (Lipinski definition) is 5. The molecule has 5 saturated carbocycles. The predicted octanol–water partition coefficient (Wildman–Crippen LogP) is 8.98. The first kappa shape index (κ1) is 32.7. The molecular weight excluding hydrogens is 560 g/mol. The standard InChI is InChI=1S/C40H58O5/c1-25(2)27-15-20-40(24-41)22-21-38(6)28(35(27)40)11-13-32-37(5)18-17-33(36(3,4)31(37)16-19-39(32,38)7)45-34(43)14-10-26-9-12-29(42)30(23-26)44-8/h9-10,12,14,23,27-28,31-33,35,41-42H,1,11,13,15-22,24H2,2-8H3/b14-10+/t27-,28+,31-,32+,33-,35+,37-,38+,39+,40+/m0/s1. The van der Waals surface area contributed by atoms with Gasteiger partial charge < -0.3 is 19.7 Å². The summed E-state index contributed by atoms with van der Waals surface area (Å²) >= 11 is 0. The van der Waals surface area contributed by atoms with Gasteiger partial charge in [-0.2, -0.15) is 0 Å². The molecule has 1 aromatic carbocycles. The van der Waals surface area contributed by atoms with Gasteiger partial charge in [0.05, 0.1) is 7.11 Å². The highest BCUT2D eigenvalue weighted by Crippen LogP contribution is 2.77. The average Bonchev–Trinajstić information content (AvgIpc) is 3.39. The number of rotatable bonds is 6. The van der Waals surface area contributed by atoms with E-state index in [0.29, 0.717) is 41.9 Å². The number of carbonyl (C=O) groups is 1. The number of hydrogen-bond donors (Lipinski definition) is 2. The second kappa shape index (κ2) is 11.2. The van der Waals surface area contributed by atoms with E-state index in [1.54, 1.807) is 24.3 Å². The number of ether oxygens (including phenoxy) is 2. The minimum atomic E-state index is -0.310. The fraction of sp³-hybridized carbons (Fsp3) is 0.725. The number of fused-ring (bicyclic) bond motifs is 7. The van der Waals surface area contributed by atoms with E-state index in [1.807, 2.05) is 0 Å². The van der Waals surface area contributed by atoms with Gasteiger partial charge in [0.15, 0.2) is 11.5 Å². The van der Waals surface area contributed by atoms with Crippen molar-refractivity contribution in [3.05, 3.63) is 42.0 Å². The maximum Gasteiger partial charge on any atom is 0.331 e. The van der Waals surface area contributed by atoms with Gasteiger partial charge in [0, 0.05) is 18.1 Å². The van der Waals surface area contributed by atoms with Crippen molar-refractivity contribution in [2.75, 3.05) is 13.7 Å². The van der Waals surface area contributed by atoms with Crippen molar-refractivity contribution in [1.82, 2.24) is 0 Å². The summed E-state index contributed by atoms with van der Waals surface area (Å²) in [4.78, 5) is 13.1. The Bertz CT molecular complexity index is 1360. The number of phenols is 1. The van der Waals surface area contributed by atoms with Crippen molar-refractivity contribution in [3.8, 4) is 11.5 Å². The molecule has 5 heteroatoms. The molecule has 0 bridgehead atoms. The van der Waals surface area contributed by atoms with Crippen LogP contribution in [-0.2, 0) is 9.53 Å². The zero-order valence-corrected chi connectivity index (χ0v) is 29.0. The maximum atomic E-state index is 13.1. The van der Waals surface area contributed by atoms with Gasteiger partial charge in [-0.05, 0) is 146 Å². The third-order valence-corrected chi connectivity index (χ3v) is 15.4. The van der Waals surface area contributed by atoms with Crippen LogP contribution >= 0.6 is 0 Å². The highest BCUT2D eigenvalue weighted by Gasteiger charge is 2.71. The highest BCUT2D eigenvalue weighted by molar-refractivity contribution is 5.87. The predicted molar refractivity (Wildman–Crippen MR) is 180 cm³/mol. The number of carbonyl (C=O) groups excluding carboxylic acids is 1. The van der Waals surface area contributed by atoms with Crippen LogP contribution in [0.2, 0.25) is 0 Å². The molecule has 0 aromatic heterocycles. The monoisotopic (exact) mass is 618 g/mol. The van der Waals surface area contributed by atoms with Crippen LogP contribution in [0.5, 0.6) is 11.5 Å². The van der Waals surface area contributed by atoms with Crippen LogP contribution in [0.25, 0.3) is 6.08 Å². The summed E-state index contributed by atoms with van der Waals surface area (Å²) in [5.74, 6) is 3.04. The van der Waals surface area contributed by atoms with Crippen LogP contribution in [-0.4, -0.2) is 36.0 Å². The van der Waals surface area contributed by atoms with Gasteiger partial charge in [0.25, 0.3) is 0 Å². The third-order valence-electron chi connectivity index (χ3n) is 15.4. The van der Waals surface area contributed by atoms with Gasteiger partial charge in [0.1, 0.15) is 6.10 Å². The Morgan fingerprint density at radius 1 is 0.956 bits per heavy atom. The summed E-state index contributed by atoms with van der Waals surface area (Å²) in [5, 5.41) is 20.7. The van der Waals surface area contributed by atoms with E-state index in [0.717, 1.165) is 31.2 Å². The molecule has 45 heavy (non-hydrogen) atoms. The lowest BCUT2D eigenvalue weighted by Gasteiger charge is -2.73. The number of esters is 1. The molecule has 0 spiro atoms. The summed E-state index contributed by atoms with van der Waals surface area (Å²) in [6, 6.07) is 5.04. The van der Waals surface area contributed by atoms with E-state index in [4.69, 9.17) is 9.47 Å². The van der Waals surface area contributed by atoms with E-state index in [-0.39, 0.29) is 44.9 Å². The fourth-order valence-electron chi connectivity index (χ4n) is 12.9. The topological polar surface area (TPSA) is 76.0 Å². The number of benzene rings is 1. The number of phenolic OH excluding ortho intramolecular Hbond substituents is 1. The van der Waals surface area contributed by atoms with Crippen molar-refractivity contribution in [2.45, 2.75) is 112 Å². The second-order valence-corrected chi connectivity index (χ2v) is 17.3. The van der Waals surface area contributed by atoms with Gasteiger partial charge in [-0.1, -0.05) is 52.8 Å². The number of aromatic hydroxyl groups is 1. The van der Waals surface area contributed by atoms with Crippen LogP contribution in [0, 0.1) is 56.7 Å². The van der Waals surface area contributed by atoms with Crippen molar-refractivity contribution in [3.63, 3.8) is 0 Å². The molecule has 5 nitrogen and oxygen atoms in total. The molecule has 0 radical (unpaired) electrons. The summed E-state index contributed by atoms with van der Waals surface area (Å²) in [6.07, 6.45) is 14.8. The quantitative estimate of drug-likeness (QED) is 0.189. The number of aliphatic hydroxyl groups is 1. The van der Waals surface area contributed by atoms with Crippen LogP contribution in [0.3, 0.4) is 0 Å². The van der Waals surface area contributed by atoms with Crippen molar-refractivity contribution in [1.29, 1.82) is 0 Å². The zero-order valence-electron chi connectivity index (χ0n) is 29.0. The Labute approximate surface area is 271 Å². The van der Waals surface area contributed by atoms with Crippen LogP contribution in [0.4, 0.5) is 0 Å². The Morgan fingerprint density at radius 2 is 1.71 bits per heavy atom. The molecule has 5 aliphatic carbocycles. The van der Waals surface area contributed by atoms with Gasteiger partial charge in [-0.3, -0.25) is 0 Å². The summed E-state index contributed by atoms with van der Waals surface area (Å²) in [6.45, 7) is 19.6. The van der Waals surface area contributed by atoms with E-state index >= 15 is 0 Å². The van der Waals surface area contributed by atoms with Crippen LogP contribution in [0.1, 0.15) is 111 Å². The van der Waals surface area contributed by atoms with E-state index in [2.05, 4.69) is 48.1 Å². The normalized spacial score (nSPS) is 43.5. The Hall–Kier alpha value is -2.27. The van der Waals surface area contributed by atoms with Crippen LogP contribution in [0.15, 0.2) is 36.4 Å². The molecule has 6 rings (SSSR count). The molecule has 1 aromatic rings. The van der Waals surface area contributed by atoms with Gasteiger partial charge in [-0.15, -0.1) is 0 Å². The molecule has 248 valence electrons. The SMILES string of the molecule is C=C(C)[C@@H]1CC[C@]2(CO)CC[C@]3(C)[C@H](CC[C@@H]4[C@@]5(C)CC[C@H](OC(=O)/C=C/c6ccc(O)c(OC)c6)C(C)(C)[C@@H]5CC[C@]43C)[C@@H]12. The molecule has 0 saturated heterocycles. The lowest BCUT2D eigenvalue weighted by Crippen LogP contribution is -2.67. The molecule has 0 aliphatic heterocycles. The van der Waals surface area contributed by atoms with E-state index < -0.39 is 0 Å². The van der Waals surface area contributed by atoms with Crippen molar-refractivity contribution < 1.29 is 24.5 Å². The van der Waals surface area contributed by atoms with E-state index in [9.17, 15) is 15.0 Å². The smallest absolute Gasteiger partial charge is 0.331 e. The first-order valence-electron chi connectivity index (χ1n) is 17.7. The Morgan fingerprint density at radius 3 is 2.40 bits per heavy atom. The molecule has 0 amide bonds. The summed E-state index contributed by atoms with van der Waals surface area (Å²) in [5.41, 5.74) is 2.81. The van der Waals surface area contributed by atoms with Gasteiger partial charge in [0.2, 0.25) is 0 Å². The molecule has 5 fully saturated rings. The number of allylic oxidation sites excluding steroid dienone is 1. The third kappa shape index (κ3) is 4.75.